The molecule has 19 heavy (non-hydrogen) atoms. The van der Waals surface area contributed by atoms with Crippen LogP contribution in [-0.4, -0.2) is 26.9 Å². The lowest BCUT2D eigenvalue weighted by molar-refractivity contribution is -0.132. The Kier molecular flexibility index (Phi) is 2.95. The van der Waals surface area contributed by atoms with Crippen LogP contribution in [0, 0.1) is 0 Å². The molecule has 0 atom stereocenters. The van der Waals surface area contributed by atoms with Crippen LogP contribution in [0.2, 0.25) is 0 Å². The van der Waals surface area contributed by atoms with Crippen molar-refractivity contribution in [3.05, 3.63) is 48.0 Å². The zero-order chi connectivity index (χ0) is 13.2. The lowest BCUT2D eigenvalue weighted by atomic mass is 10.1. The van der Waals surface area contributed by atoms with Crippen LogP contribution in [0.5, 0.6) is 0 Å². The molecule has 5 nitrogen and oxygen atoms in total. The number of nitrogens with two attached hydrogens (primary N) is 1. The number of imidazole rings is 1. The summed E-state index contributed by atoms with van der Waals surface area (Å²) in [6, 6.07) is 7.45. The van der Waals surface area contributed by atoms with Gasteiger partial charge in [-0.2, -0.15) is 0 Å². The van der Waals surface area contributed by atoms with E-state index in [1.807, 2.05) is 35.4 Å². The van der Waals surface area contributed by atoms with Crippen LogP contribution in [0.15, 0.2) is 36.7 Å². The molecule has 1 aromatic heterocycles. The molecule has 0 aliphatic carbocycles. The van der Waals surface area contributed by atoms with E-state index in [9.17, 15) is 4.79 Å². The van der Waals surface area contributed by atoms with Gasteiger partial charge in [-0.25, -0.2) is 4.98 Å². The van der Waals surface area contributed by atoms with E-state index >= 15 is 0 Å². The summed E-state index contributed by atoms with van der Waals surface area (Å²) in [5.74, 6) is 1.09. The molecule has 0 unspecified atom stereocenters. The highest BCUT2D eigenvalue weighted by atomic mass is 16.2. The molecule has 0 fully saturated rings. The topological polar surface area (TPSA) is 64.2 Å². The summed E-state index contributed by atoms with van der Waals surface area (Å²) in [4.78, 5) is 18.4. The van der Waals surface area contributed by atoms with Gasteiger partial charge >= 0.3 is 0 Å². The largest absolute Gasteiger partial charge is 0.399 e. The summed E-state index contributed by atoms with van der Waals surface area (Å²) in [5, 5.41) is 0. The normalized spacial score (nSPS) is 14.2. The molecule has 5 heteroatoms. The van der Waals surface area contributed by atoms with Crippen molar-refractivity contribution in [2.75, 3.05) is 12.3 Å². The second-order valence-electron chi connectivity index (χ2n) is 4.77. The first kappa shape index (κ1) is 11.8. The Labute approximate surface area is 111 Å². The second-order valence-corrected chi connectivity index (χ2v) is 4.77. The Morgan fingerprint density at radius 1 is 1.26 bits per heavy atom. The number of nitrogens with zero attached hydrogens (tertiary/aromatic N) is 3. The van der Waals surface area contributed by atoms with Gasteiger partial charge in [-0.05, 0) is 17.7 Å². The van der Waals surface area contributed by atoms with Crippen molar-refractivity contribution in [1.29, 1.82) is 0 Å². The first-order chi connectivity index (χ1) is 9.22. The number of fused-ring (bicyclic) bond motifs is 1. The fraction of sp³-hybridized carbons (Fsp3) is 0.286. The van der Waals surface area contributed by atoms with E-state index in [0.717, 1.165) is 30.2 Å². The fourth-order valence-electron chi connectivity index (χ4n) is 2.31. The lowest BCUT2D eigenvalue weighted by Crippen LogP contribution is -2.39. The molecule has 0 spiro atoms. The number of hydrogen-bond acceptors (Lipinski definition) is 3. The van der Waals surface area contributed by atoms with Crippen LogP contribution >= 0.6 is 0 Å². The third-order valence-corrected chi connectivity index (χ3v) is 3.43. The molecule has 1 amide bonds. The third kappa shape index (κ3) is 2.45. The van der Waals surface area contributed by atoms with Crippen molar-refractivity contribution in [2.45, 2.75) is 19.5 Å². The van der Waals surface area contributed by atoms with Gasteiger partial charge in [0.2, 0.25) is 5.91 Å². The van der Waals surface area contributed by atoms with Crippen molar-refractivity contribution in [3.8, 4) is 0 Å². The SMILES string of the molecule is Nc1ccc(CC(=O)N2CCn3ccnc3C2)cc1. The molecule has 0 radical (unpaired) electrons. The van der Waals surface area contributed by atoms with Gasteiger partial charge in [-0.3, -0.25) is 4.79 Å². The van der Waals surface area contributed by atoms with Gasteiger partial charge in [-0.1, -0.05) is 12.1 Å². The van der Waals surface area contributed by atoms with Gasteiger partial charge in [0.25, 0.3) is 0 Å². The molecular weight excluding hydrogens is 240 g/mol. The van der Waals surface area contributed by atoms with E-state index < -0.39 is 0 Å². The maximum Gasteiger partial charge on any atom is 0.227 e. The standard InChI is InChI=1S/C14H16N4O/c15-12-3-1-11(2-4-12)9-14(19)18-8-7-17-6-5-16-13(17)10-18/h1-6H,7-10,15H2. The van der Waals surface area contributed by atoms with Gasteiger partial charge in [0, 0.05) is 31.2 Å². The molecule has 98 valence electrons. The summed E-state index contributed by atoms with van der Waals surface area (Å²) >= 11 is 0. The Hall–Kier alpha value is -2.30. The summed E-state index contributed by atoms with van der Waals surface area (Å²) in [6.07, 6.45) is 4.15. The Balaban J connectivity index is 1.67. The van der Waals surface area contributed by atoms with Crippen molar-refractivity contribution in [2.24, 2.45) is 0 Å². The smallest absolute Gasteiger partial charge is 0.227 e. The van der Waals surface area contributed by atoms with Gasteiger partial charge in [0.15, 0.2) is 0 Å². The number of aromatic nitrogens is 2. The van der Waals surface area contributed by atoms with Crippen LogP contribution in [-0.2, 0) is 24.3 Å². The van der Waals surface area contributed by atoms with Gasteiger partial charge in [0.05, 0.1) is 13.0 Å². The van der Waals surface area contributed by atoms with Gasteiger partial charge in [-0.15, -0.1) is 0 Å². The minimum atomic E-state index is 0.138. The highest BCUT2D eigenvalue weighted by Crippen LogP contribution is 2.13. The summed E-state index contributed by atoms with van der Waals surface area (Å²) < 4.78 is 2.09. The fourth-order valence-corrected chi connectivity index (χ4v) is 2.31. The highest BCUT2D eigenvalue weighted by Gasteiger charge is 2.20. The number of nitrogen functional groups attached to an aromatic ring is 1. The van der Waals surface area contributed by atoms with Crippen LogP contribution < -0.4 is 5.73 Å². The van der Waals surface area contributed by atoms with E-state index in [1.54, 1.807) is 6.20 Å². The predicted octanol–water partition coefficient (Wildman–Crippen LogP) is 1.05. The molecule has 2 aromatic rings. The number of carbonyl (C=O) groups excluding carboxylic acids is 1. The lowest BCUT2D eigenvalue weighted by Gasteiger charge is -2.27. The van der Waals surface area contributed by atoms with Crippen molar-refractivity contribution < 1.29 is 4.79 Å². The maximum absolute atomic E-state index is 12.2. The average molecular weight is 256 g/mol. The van der Waals surface area contributed by atoms with E-state index in [4.69, 9.17) is 5.73 Å². The molecule has 2 heterocycles. The molecular formula is C14H16N4O. The highest BCUT2D eigenvalue weighted by molar-refractivity contribution is 5.78. The van der Waals surface area contributed by atoms with Gasteiger partial charge < -0.3 is 15.2 Å². The second kappa shape index (κ2) is 4.76. The number of carbonyl (C=O) groups is 1. The number of amides is 1. The van der Waals surface area contributed by atoms with E-state index in [0.29, 0.717) is 13.0 Å². The summed E-state index contributed by atoms with van der Waals surface area (Å²) in [6.45, 7) is 2.17. The van der Waals surface area contributed by atoms with E-state index in [1.165, 1.54) is 0 Å². The Morgan fingerprint density at radius 3 is 2.84 bits per heavy atom. The Morgan fingerprint density at radius 2 is 2.05 bits per heavy atom. The van der Waals surface area contributed by atoms with Crippen LogP contribution in [0.1, 0.15) is 11.4 Å². The first-order valence-corrected chi connectivity index (χ1v) is 6.34. The van der Waals surface area contributed by atoms with Crippen molar-refractivity contribution in [3.63, 3.8) is 0 Å². The van der Waals surface area contributed by atoms with E-state index in [-0.39, 0.29) is 5.91 Å². The monoisotopic (exact) mass is 256 g/mol. The van der Waals surface area contributed by atoms with Crippen molar-refractivity contribution >= 4 is 11.6 Å². The molecule has 0 saturated heterocycles. The molecule has 2 N–H and O–H groups in total. The zero-order valence-electron chi connectivity index (χ0n) is 10.6. The van der Waals surface area contributed by atoms with Crippen LogP contribution in [0.4, 0.5) is 5.69 Å². The molecule has 1 aliphatic rings. The summed E-state index contributed by atoms with van der Waals surface area (Å²) in [5.41, 5.74) is 7.35. The first-order valence-electron chi connectivity index (χ1n) is 6.34. The zero-order valence-corrected chi connectivity index (χ0v) is 10.6. The molecule has 0 saturated carbocycles. The third-order valence-electron chi connectivity index (χ3n) is 3.43. The summed E-state index contributed by atoms with van der Waals surface area (Å²) in [7, 11) is 0. The number of benzene rings is 1. The van der Waals surface area contributed by atoms with E-state index in [2.05, 4.69) is 9.55 Å². The maximum atomic E-state index is 12.2. The number of hydrogen-bond donors (Lipinski definition) is 1. The molecule has 3 rings (SSSR count). The number of anilines is 1. The van der Waals surface area contributed by atoms with Crippen molar-refractivity contribution in [1.82, 2.24) is 14.5 Å². The molecule has 1 aromatic carbocycles. The molecule has 1 aliphatic heterocycles. The van der Waals surface area contributed by atoms with Gasteiger partial charge in [0.1, 0.15) is 5.82 Å². The minimum Gasteiger partial charge on any atom is -0.399 e. The Bertz CT molecular complexity index is 588. The predicted molar refractivity (Wildman–Crippen MR) is 72.2 cm³/mol. The molecule has 0 bridgehead atoms. The van der Waals surface area contributed by atoms with Crippen LogP contribution in [0.3, 0.4) is 0 Å². The average Bonchev–Trinajstić information content (AvgIpc) is 2.88. The minimum absolute atomic E-state index is 0.138. The quantitative estimate of drug-likeness (QED) is 0.817. The number of rotatable bonds is 2. The van der Waals surface area contributed by atoms with Crippen LogP contribution in [0.25, 0.3) is 0 Å².